The number of nitrogens with zero attached hydrogens (tertiary/aromatic N) is 3. The van der Waals surface area contributed by atoms with E-state index < -0.39 is 11.4 Å². The first kappa shape index (κ1) is 17.5. The first-order valence-electron chi connectivity index (χ1n) is 8.56. The van der Waals surface area contributed by atoms with Gasteiger partial charge in [0.05, 0.1) is 18.3 Å². The molecule has 2 atom stereocenters. The predicted octanol–water partition coefficient (Wildman–Crippen LogP) is 2.56. The second kappa shape index (κ2) is 6.92. The highest BCUT2D eigenvalue weighted by Gasteiger charge is 2.30. The second-order valence-corrected chi connectivity index (χ2v) is 7.08. The molecule has 1 aromatic carbocycles. The molecule has 134 valence electrons. The lowest BCUT2D eigenvalue weighted by molar-refractivity contribution is 0.0736. The Morgan fingerprint density at radius 2 is 2.12 bits per heavy atom. The second-order valence-electron chi connectivity index (χ2n) is 7.08. The molecule has 2 N–H and O–H groups in total. The molecule has 1 aliphatic carbocycles. The lowest BCUT2D eigenvalue weighted by Gasteiger charge is -2.32. The highest BCUT2D eigenvalue weighted by atomic mass is 19.1. The van der Waals surface area contributed by atoms with Crippen LogP contribution in [0.15, 0.2) is 30.5 Å². The van der Waals surface area contributed by atoms with E-state index in [-0.39, 0.29) is 18.0 Å². The van der Waals surface area contributed by atoms with Gasteiger partial charge >= 0.3 is 0 Å². The summed E-state index contributed by atoms with van der Waals surface area (Å²) in [7, 11) is 0. The topological polar surface area (TPSA) is 80.0 Å². The molecule has 0 bridgehead atoms. The van der Waals surface area contributed by atoms with Crippen LogP contribution in [0.2, 0.25) is 0 Å². The Kier molecular flexibility index (Phi) is 4.85. The Hall–Kier alpha value is -2.28. The van der Waals surface area contributed by atoms with Gasteiger partial charge in [-0.05, 0) is 44.9 Å². The Labute approximate surface area is 146 Å². The number of benzene rings is 1. The van der Waals surface area contributed by atoms with Crippen LogP contribution in [0.3, 0.4) is 0 Å². The molecular weight excluding hydrogens is 323 g/mol. The summed E-state index contributed by atoms with van der Waals surface area (Å²) in [6.45, 7) is 3.32. The predicted molar refractivity (Wildman–Crippen MR) is 90.4 cm³/mol. The van der Waals surface area contributed by atoms with Gasteiger partial charge in [-0.15, -0.1) is 5.10 Å². The summed E-state index contributed by atoms with van der Waals surface area (Å²) in [5.41, 5.74) is -0.263. The Bertz CT molecular complexity index is 754. The molecule has 0 radical (unpaired) electrons. The van der Waals surface area contributed by atoms with Crippen LogP contribution in [0.25, 0.3) is 0 Å². The zero-order valence-corrected chi connectivity index (χ0v) is 14.4. The van der Waals surface area contributed by atoms with Gasteiger partial charge in [-0.25, -0.2) is 9.07 Å². The summed E-state index contributed by atoms with van der Waals surface area (Å²) in [4.78, 5) is 12.4. The van der Waals surface area contributed by atoms with Gasteiger partial charge in [0.15, 0.2) is 0 Å². The number of aliphatic hydroxyl groups is 1. The van der Waals surface area contributed by atoms with Crippen molar-refractivity contribution in [1.82, 2.24) is 20.3 Å². The smallest absolute Gasteiger partial charge is 0.251 e. The molecular formula is C18H23FN4O2. The van der Waals surface area contributed by atoms with Gasteiger partial charge in [0, 0.05) is 5.56 Å². The van der Waals surface area contributed by atoms with E-state index in [4.69, 9.17) is 0 Å². The number of hydrogen-bond donors (Lipinski definition) is 2. The standard InChI is InChI=1S/C18H23FN4O2/c1-18(2,25)16-11-23(22-21-16)15-9-4-3-8-14(15)20-17(24)12-6-5-7-13(19)10-12/h5-7,10-11,14-15,25H,3-4,8-9H2,1-2H3,(H,20,24)/t14-,15+/m0/s1. The molecule has 7 heteroatoms. The van der Waals surface area contributed by atoms with Crippen molar-refractivity contribution in [3.63, 3.8) is 0 Å². The zero-order chi connectivity index (χ0) is 18.0. The molecule has 0 spiro atoms. The quantitative estimate of drug-likeness (QED) is 0.892. The number of carbonyl (C=O) groups excluding carboxylic acids is 1. The minimum atomic E-state index is -1.06. The van der Waals surface area contributed by atoms with Gasteiger partial charge in [0.1, 0.15) is 17.1 Å². The van der Waals surface area contributed by atoms with Crippen molar-refractivity contribution in [3.05, 3.63) is 47.5 Å². The van der Waals surface area contributed by atoms with E-state index in [1.165, 1.54) is 18.2 Å². The first-order chi connectivity index (χ1) is 11.8. The van der Waals surface area contributed by atoms with Crippen LogP contribution in [0.4, 0.5) is 4.39 Å². The average Bonchev–Trinajstić information content (AvgIpc) is 3.05. The van der Waals surface area contributed by atoms with Gasteiger partial charge in [0.2, 0.25) is 0 Å². The number of hydrogen-bond acceptors (Lipinski definition) is 4. The molecule has 25 heavy (non-hydrogen) atoms. The number of carbonyl (C=O) groups is 1. The normalized spacial score (nSPS) is 21.1. The van der Waals surface area contributed by atoms with Crippen molar-refractivity contribution in [1.29, 1.82) is 0 Å². The number of aromatic nitrogens is 3. The van der Waals surface area contributed by atoms with Crippen LogP contribution < -0.4 is 5.32 Å². The molecule has 1 saturated carbocycles. The van der Waals surface area contributed by atoms with E-state index >= 15 is 0 Å². The van der Waals surface area contributed by atoms with Crippen molar-refractivity contribution in [3.8, 4) is 0 Å². The Morgan fingerprint density at radius 1 is 1.36 bits per heavy atom. The van der Waals surface area contributed by atoms with Crippen molar-refractivity contribution in [2.45, 2.75) is 57.2 Å². The van der Waals surface area contributed by atoms with Crippen molar-refractivity contribution >= 4 is 5.91 Å². The van der Waals surface area contributed by atoms with Crippen molar-refractivity contribution < 1.29 is 14.3 Å². The van der Waals surface area contributed by atoms with Gasteiger partial charge in [-0.2, -0.15) is 0 Å². The minimum Gasteiger partial charge on any atom is -0.384 e. The molecule has 1 aromatic heterocycles. The SMILES string of the molecule is CC(C)(O)c1cn([C@@H]2CCCC[C@@H]2NC(=O)c2cccc(F)c2)nn1. The van der Waals surface area contributed by atoms with Crippen LogP contribution in [0, 0.1) is 5.82 Å². The first-order valence-corrected chi connectivity index (χ1v) is 8.56. The molecule has 2 aromatic rings. The van der Waals surface area contributed by atoms with Crippen LogP contribution in [-0.2, 0) is 5.60 Å². The molecule has 0 unspecified atom stereocenters. The van der Waals surface area contributed by atoms with Gasteiger partial charge < -0.3 is 10.4 Å². The monoisotopic (exact) mass is 346 g/mol. The van der Waals surface area contributed by atoms with E-state index in [0.29, 0.717) is 11.3 Å². The third kappa shape index (κ3) is 4.04. The van der Waals surface area contributed by atoms with Gasteiger partial charge in [-0.3, -0.25) is 4.79 Å². The number of amides is 1. The molecule has 0 aliphatic heterocycles. The average molecular weight is 346 g/mol. The molecule has 1 amide bonds. The van der Waals surface area contributed by atoms with Crippen LogP contribution in [0.5, 0.6) is 0 Å². The lowest BCUT2D eigenvalue weighted by Crippen LogP contribution is -2.43. The molecule has 3 rings (SSSR count). The molecule has 1 heterocycles. The molecule has 0 saturated heterocycles. The summed E-state index contributed by atoms with van der Waals surface area (Å²) >= 11 is 0. The largest absolute Gasteiger partial charge is 0.384 e. The van der Waals surface area contributed by atoms with Gasteiger partial charge in [0.25, 0.3) is 5.91 Å². The lowest BCUT2D eigenvalue weighted by atomic mass is 9.90. The highest BCUT2D eigenvalue weighted by molar-refractivity contribution is 5.94. The van der Waals surface area contributed by atoms with E-state index in [9.17, 15) is 14.3 Å². The van der Waals surface area contributed by atoms with E-state index in [1.54, 1.807) is 30.8 Å². The summed E-state index contributed by atoms with van der Waals surface area (Å²) in [6.07, 6.45) is 5.47. The number of halogens is 1. The molecule has 6 nitrogen and oxygen atoms in total. The summed E-state index contributed by atoms with van der Waals surface area (Å²) in [5.74, 6) is -0.724. The van der Waals surface area contributed by atoms with Crippen LogP contribution in [-0.4, -0.2) is 32.0 Å². The highest BCUT2D eigenvalue weighted by Crippen LogP contribution is 2.29. The van der Waals surface area contributed by atoms with Gasteiger partial charge in [-0.1, -0.05) is 24.1 Å². The fourth-order valence-corrected chi connectivity index (χ4v) is 3.20. The summed E-state index contributed by atoms with van der Waals surface area (Å²) in [6, 6.07) is 5.52. The zero-order valence-electron chi connectivity index (χ0n) is 14.4. The van der Waals surface area contributed by atoms with Crippen molar-refractivity contribution in [2.24, 2.45) is 0 Å². The fraction of sp³-hybridized carbons (Fsp3) is 0.500. The summed E-state index contributed by atoms with van der Waals surface area (Å²) in [5, 5.41) is 21.3. The number of nitrogens with one attached hydrogen (secondary N) is 1. The number of rotatable bonds is 4. The maximum absolute atomic E-state index is 13.3. The van der Waals surface area contributed by atoms with E-state index in [0.717, 1.165) is 25.7 Å². The third-order valence-corrected chi connectivity index (χ3v) is 4.61. The summed E-state index contributed by atoms with van der Waals surface area (Å²) < 4.78 is 15.1. The van der Waals surface area contributed by atoms with Crippen LogP contribution in [0.1, 0.15) is 61.6 Å². The molecule has 1 fully saturated rings. The maximum Gasteiger partial charge on any atom is 0.251 e. The molecule has 1 aliphatic rings. The minimum absolute atomic E-state index is 0.0325. The third-order valence-electron chi connectivity index (χ3n) is 4.61. The van der Waals surface area contributed by atoms with E-state index in [2.05, 4.69) is 15.6 Å². The Morgan fingerprint density at radius 3 is 2.80 bits per heavy atom. The maximum atomic E-state index is 13.3. The van der Waals surface area contributed by atoms with Crippen LogP contribution >= 0.6 is 0 Å². The van der Waals surface area contributed by atoms with Crippen molar-refractivity contribution in [2.75, 3.05) is 0 Å². The Balaban J connectivity index is 1.77. The fourth-order valence-electron chi connectivity index (χ4n) is 3.20. The van der Waals surface area contributed by atoms with E-state index in [1.807, 2.05) is 0 Å².